The molecule has 34 heavy (non-hydrogen) atoms. The molecule has 1 heterocycles. The summed E-state index contributed by atoms with van der Waals surface area (Å²) in [4.78, 5) is 26.1. The van der Waals surface area contributed by atoms with Gasteiger partial charge in [0.25, 0.3) is 11.8 Å². The Morgan fingerprint density at radius 1 is 0.853 bits per heavy atom. The Hall–Kier alpha value is -3.73. The van der Waals surface area contributed by atoms with Crippen molar-refractivity contribution < 1.29 is 14.3 Å². The Balaban J connectivity index is 1.04. The molecule has 6 atom stereocenters. The number of ether oxygens (including phenoxy) is 1. The fourth-order valence-corrected chi connectivity index (χ4v) is 6.41. The minimum atomic E-state index is -0.215. The van der Waals surface area contributed by atoms with Crippen molar-refractivity contribution >= 4 is 28.8 Å². The molecule has 1 saturated heterocycles. The molecule has 2 saturated carbocycles. The zero-order chi connectivity index (χ0) is 22.8. The summed E-state index contributed by atoms with van der Waals surface area (Å²) < 4.78 is 6.01. The molecule has 2 bridgehead atoms. The minimum absolute atomic E-state index is 0.133. The molecule has 3 aromatic rings. The second-order valence-electron chi connectivity index (χ2n) is 9.88. The lowest BCUT2D eigenvalue weighted by molar-refractivity contribution is -0.140. The zero-order valence-corrected chi connectivity index (χ0v) is 18.6. The predicted molar refractivity (Wildman–Crippen MR) is 129 cm³/mol. The lowest BCUT2D eigenvalue weighted by Crippen LogP contribution is -2.40. The SMILES string of the molecule is O=C1[C@@H]2[C@@H]3C=C[C@H]([C@H]4C[C@@H]34)[C@@H]2C(=O)N1/N=C\c1ccc(OCc2cccc3ccccc23)cc1. The number of carbonyl (C=O) groups is 2. The Morgan fingerprint density at radius 3 is 2.26 bits per heavy atom. The van der Waals surface area contributed by atoms with Crippen molar-refractivity contribution in [1.82, 2.24) is 5.01 Å². The lowest BCUT2D eigenvalue weighted by atomic mass is 9.63. The minimum Gasteiger partial charge on any atom is -0.489 e. The number of hydrazone groups is 1. The van der Waals surface area contributed by atoms with Crippen LogP contribution >= 0.6 is 0 Å². The van der Waals surface area contributed by atoms with E-state index in [2.05, 4.69) is 41.5 Å². The van der Waals surface area contributed by atoms with Gasteiger partial charge < -0.3 is 4.74 Å². The fourth-order valence-electron chi connectivity index (χ4n) is 6.41. The van der Waals surface area contributed by atoms with E-state index in [9.17, 15) is 9.59 Å². The Kier molecular flexibility index (Phi) is 4.28. The first-order valence-electron chi connectivity index (χ1n) is 12.0. The van der Waals surface area contributed by atoms with Crippen LogP contribution in [0.5, 0.6) is 5.75 Å². The summed E-state index contributed by atoms with van der Waals surface area (Å²) in [6, 6.07) is 22.1. The van der Waals surface area contributed by atoms with Gasteiger partial charge in [-0.3, -0.25) is 9.59 Å². The van der Waals surface area contributed by atoms with Crippen LogP contribution in [0.15, 0.2) is 84.0 Å². The molecule has 0 spiro atoms. The monoisotopic (exact) mass is 448 g/mol. The van der Waals surface area contributed by atoms with Gasteiger partial charge in [0.1, 0.15) is 12.4 Å². The largest absolute Gasteiger partial charge is 0.489 e. The van der Waals surface area contributed by atoms with Crippen molar-refractivity contribution in [3.8, 4) is 5.75 Å². The second-order valence-corrected chi connectivity index (χ2v) is 9.88. The number of rotatable bonds is 5. The summed E-state index contributed by atoms with van der Waals surface area (Å²) in [7, 11) is 0. The van der Waals surface area contributed by atoms with Crippen molar-refractivity contribution in [3.05, 3.63) is 90.0 Å². The summed E-state index contributed by atoms with van der Waals surface area (Å²) in [6.45, 7) is 0.479. The van der Waals surface area contributed by atoms with E-state index in [4.69, 9.17) is 4.74 Å². The third-order valence-electron chi connectivity index (χ3n) is 8.12. The van der Waals surface area contributed by atoms with Crippen molar-refractivity contribution in [2.45, 2.75) is 13.0 Å². The smallest absolute Gasteiger partial charge is 0.254 e. The summed E-state index contributed by atoms with van der Waals surface area (Å²) in [5, 5.41) is 7.82. The van der Waals surface area contributed by atoms with Crippen molar-refractivity contribution in [3.63, 3.8) is 0 Å². The van der Waals surface area contributed by atoms with Gasteiger partial charge in [0, 0.05) is 0 Å². The summed E-state index contributed by atoms with van der Waals surface area (Å²) in [6.07, 6.45) is 7.11. The molecule has 3 fully saturated rings. The first kappa shape index (κ1) is 19.7. The second kappa shape index (κ2) is 7.39. The number of benzene rings is 3. The highest BCUT2D eigenvalue weighted by molar-refractivity contribution is 6.06. The molecule has 5 heteroatoms. The average molecular weight is 449 g/mol. The van der Waals surface area contributed by atoms with Crippen molar-refractivity contribution in [2.24, 2.45) is 40.6 Å². The lowest BCUT2D eigenvalue weighted by Gasteiger charge is -2.37. The summed E-state index contributed by atoms with van der Waals surface area (Å²) in [5.41, 5.74) is 1.95. The van der Waals surface area contributed by atoms with Gasteiger partial charge in [-0.05, 0) is 76.3 Å². The number of hydrogen-bond donors (Lipinski definition) is 0. The average Bonchev–Trinajstić information content (AvgIpc) is 3.66. The maximum atomic E-state index is 13.0. The van der Waals surface area contributed by atoms with Gasteiger partial charge in [0.05, 0.1) is 18.1 Å². The van der Waals surface area contributed by atoms with Crippen molar-refractivity contribution in [2.75, 3.05) is 0 Å². The van der Waals surface area contributed by atoms with Gasteiger partial charge in [-0.15, -0.1) is 0 Å². The third kappa shape index (κ3) is 2.96. The molecule has 8 rings (SSSR count). The summed E-state index contributed by atoms with van der Waals surface area (Å²) in [5.74, 6) is 1.69. The number of imide groups is 1. The van der Waals surface area contributed by atoms with Crippen LogP contribution < -0.4 is 4.74 Å². The molecule has 5 nitrogen and oxygen atoms in total. The first-order chi connectivity index (χ1) is 16.7. The van der Waals surface area contributed by atoms with Crippen LogP contribution in [0.4, 0.5) is 0 Å². The van der Waals surface area contributed by atoms with Gasteiger partial charge in [-0.1, -0.05) is 54.6 Å². The van der Waals surface area contributed by atoms with E-state index in [1.165, 1.54) is 10.8 Å². The Labute approximate surface area is 197 Å². The number of allylic oxidation sites excluding steroid dienone is 2. The number of nitrogens with zero attached hydrogens (tertiary/aromatic N) is 2. The zero-order valence-electron chi connectivity index (χ0n) is 18.6. The molecule has 3 aromatic carbocycles. The normalized spacial score (nSPS) is 30.8. The van der Waals surface area contributed by atoms with E-state index >= 15 is 0 Å². The van der Waals surface area contributed by atoms with Crippen LogP contribution in [0.25, 0.3) is 10.8 Å². The van der Waals surface area contributed by atoms with E-state index in [1.807, 2.05) is 42.5 Å². The van der Waals surface area contributed by atoms with Gasteiger partial charge in [-0.25, -0.2) is 0 Å². The van der Waals surface area contributed by atoms with Gasteiger partial charge in [-0.2, -0.15) is 10.1 Å². The quantitative estimate of drug-likeness (QED) is 0.320. The standard InChI is InChI=1S/C29H24N2O3/c32-28-26-22-12-13-23(25-14-24(22)25)27(26)29(33)31(28)30-15-17-8-10-20(11-9-17)34-16-19-6-3-5-18-4-1-2-7-21(18)19/h1-13,15,22-27H,14,16H2/b30-15-/t22-,23-,24-,25+,26+,27-/m1/s1. The van der Waals surface area contributed by atoms with Crippen LogP contribution in [0.1, 0.15) is 17.5 Å². The molecule has 0 aromatic heterocycles. The highest BCUT2D eigenvalue weighted by Gasteiger charge is 2.67. The number of amides is 2. The predicted octanol–water partition coefficient (Wildman–Crippen LogP) is 4.81. The van der Waals surface area contributed by atoms with E-state index in [0.717, 1.165) is 28.3 Å². The van der Waals surface area contributed by atoms with Crippen LogP contribution in [-0.2, 0) is 16.2 Å². The molecule has 0 radical (unpaired) electrons. The molecule has 5 aliphatic rings. The molecule has 1 aliphatic heterocycles. The molecule has 168 valence electrons. The topological polar surface area (TPSA) is 59.0 Å². The Bertz CT molecular complexity index is 1330. The third-order valence-corrected chi connectivity index (χ3v) is 8.12. The highest BCUT2D eigenvalue weighted by atomic mass is 16.5. The number of carbonyl (C=O) groups excluding carboxylic acids is 2. The molecule has 4 aliphatic carbocycles. The van der Waals surface area contributed by atoms with Gasteiger partial charge >= 0.3 is 0 Å². The van der Waals surface area contributed by atoms with Crippen LogP contribution in [0.2, 0.25) is 0 Å². The van der Waals surface area contributed by atoms with Crippen LogP contribution in [-0.4, -0.2) is 23.0 Å². The molecular formula is C29H24N2O3. The van der Waals surface area contributed by atoms with Crippen molar-refractivity contribution in [1.29, 1.82) is 0 Å². The van der Waals surface area contributed by atoms with E-state index < -0.39 is 0 Å². The number of hydrogen-bond acceptors (Lipinski definition) is 4. The maximum absolute atomic E-state index is 13.0. The van der Waals surface area contributed by atoms with Crippen LogP contribution in [0.3, 0.4) is 0 Å². The van der Waals surface area contributed by atoms with E-state index in [0.29, 0.717) is 18.4 Å². The van der Waals surface area contributed by atoms with Crippen LogP contribution in [0, 0.1) is 35.5 Å². The van der Waals surface area contributed by atoms with Gasteiger partial charge in [0.2, 0.25) is 0 Å². The first-order valence-corrected chi connectivity index (χ1v) is 12.0. The molecule has 2 amide bonds. The molecular weight excluding hydrogens is 424 g/mol. The van der Waals surface area contributed by atoms with Gasteiger partial charge in [0.15, 0.2) is 0 Å². The molecule has 0 unspecified atom stereocenters. The number of fused-ring (bicyclic) bond motifs is 1. The highest BCUT2D eigenvalue weighted by Crippen LogP contribution is 2.65. The fraction of sp³-hybridized carbons (Fsp3) is 0.276. The Morgan fingerprint density at radius 2 is 1.53 bits per heavy atom. The van der Waals surface area contributed by atoms with E-state index in [-0.39, 0.29) is 35.5 Å². The maximum Gasteiger partial charge on any atom is 0.254 e. The summed E-state index contributed by atoms with van der Waals surface area (Å²) >= 11 is 0. The van der Waals surface area contributed by atoms with E-state index in [1.54, 1.807) is 6.21 Å². The molecule has 0 N–H and O–H groups in total.